The molecule has 1 N–H and O–H groups in total. The zero-order valence-corrected chi connectivity index (χ0v) is 10.2. The van der Waals surface area contributed by atoms with Gasteiger partial charge in [0.2, 0.25) is 0 Å². The highest BCUT2D eigenvalue weighted by molar-refractivity contribution is 6.31. The third-order valence-corrected chi connectivity index (χ3v) is 5.56. The highest BCUT2D eigenvalue weighted by atomic mass is 35.5. The molecule has 16 heavy (non-hydrogen) atoms. The Morgan fingerprint density at radius 2 is 2.06 bits per heavy atom. The van der Waals surface area contributed by atoms with Crippen molar-refractivity contribution in [2.45, 2.75) is 38.5 Å². The topological polar surface area (TPSA) is 32.6 Å². The Hall–Kier alpha value is -0.500. The van der Waals surface area contributed by atoms with Gasteiger partial charge in [0.1, 0.15) is 0 Å². The van der Waals surface area contributed by atoms with Crippen molar-refractivity contribution in [2.24, 2.45) is 28.3 Å². The second-order valence-electron chi connectivity index (χ2n) is 5.82. The lowest BCUT2D eigenvalue weighted by Crippen LogP contribution is -2.36. The van der Waals surface area contributed by atoms with E-state index in [1.165, 1.54) is 44.7 Å². The van der Waals surface area contributed by atoms with Crippen molar-refractivity contribution in [3.05, 3.63) is 11.1 Å². The number of halogens is 1. The summed E-state index contributed by atoms with van der Waals surface area (Å²) in [4.78, 5) is 0. The van der Waals surface area contributed by atoms with Crippen LogP contribution in [0.3, 0.4) is 0 Å². The number of fused-ring (bicyclic) bond motifs is 2. The summed E-state index contributed by atoms with van der Waals surface area (Å²) in [5.74, 6) is 2.58. The standard InChI is InChI=1S/C13H18ClNO/c14-12(3-4-15-16)13-7-9-1-2-11(13)6-10(5-9)8-13/h3-4,9-11,16H,1-2,5-8H2/b12-3-,15-4-/t9-,10-,11-,13-/m0/s1. The molecule has 88 valence electrons. The normalized spacial score (nSPS) is 46.8. The van der Waals surface area contributed by atoms with Gasteiger partial charge in [0, 0.05) is 10.4 Å². The van der Waals surface area contributed by atoms with E-state index in [9.17, 15) is 0 Å². The van der Waals surface area contributed by atoms with E-state index in [-0.39, 0.29) is 5.41 Å². The zero-order chi connectivity index (χ0) is 11.2. The van der Waals surface area contributed by atoms with E-state index in [0.717, 1.165) is 22.8 Å². The smallest absolute Gasteiger partial charge is 0.0673 e. The van der Waals surface area contributed by atoms with Gasteiger partial charge >= 0.3 is 0 Å². The first-order valence-electron chi connectivity index (χ1n) is 6.28. The van der Waals surface area contributed by atoms with E-state index in [0.29, 0.717) is 0 Å². The molecule has 0 aromatic carbocycles. The van der Waals surface area contributed by atoms with Crippen molar-refractivity contribution in [3.63, 3.8) is 0 Å². The maximum absolute atomic E-state index is 8.48. The van der Waals surface area contributed by atoms with Crippen molar-refractivity contribution >= 4 is 17.8 Å². The minimum atomic E-state index is 0.245. The first-order valence-corrected chi connectivity index (χ1v) is 6.66. The Kier molecular flexibility index (Phi) is 2.50. The third-order valence-electron chi connectivity index (χ3n) is 5.06. The van der Waals surface area contributed by atoms with Gasteiger partial charge < -0.3 is 5.21 Å². The van der Waals surface area contributed by atoms with Crippen LogP contribution in [-0.4, -0.2) is 11.4 Å². The minimum Gasteiger partial charge on any atom is -0.411 e. The summed E-state index contributed by atoms with van der Waals surface area (Å²) in [5.41, 5.74) is 0.245. The minimum absolute atomic E-state index is 0.245. The average molecular weight is 240 g/mol. The number of allylic oxidation sites excluding steroid dienone is 2. The molecule has 0 radical (unpaired) electrons. The van der Waals surface area contributed by atoms with Gasteiger partial charge in [-0.2, -0.15) is 0 Å². The van der Waals surface area contributed by atoms with Crippen LogP contribution in [0, 0.1) is 23.2 Å². The van der Waals surface area contributed by atoms with Crippen LogP contribution in [0.1, 0.15) is 38.5 Å². The molecule has 0 saturated heterocycles. The molecule has 3 heteroatoms. The van der Waals surface area contributed by atoms with Gasteiger partial charge in [0.05, 0.1) is 6.21 Å². The van der Waals surface area contributed by atoms with E-state index in [1.54, 1.807) is 6.08 Å². The Labute approximate surface area is 101 Å². The fraction of sp³-hybridized carbons (Fsp3) is 0.769. The molecule has 0 aromatic heterocycles. The lowest BCUT2D eigenvalue weighted by atomic mass is 9.61. The molecule has 4 atom stereocenters. The zero-order valence-electron chi connectivity index (χ0n) is 9.40. The van der Waals surface area contributed by atoms with E-state index in [4.69, 9.17) is 16.8 Å². The van der Waals surface area contributed by atoms with Gasteiger partial charge in [-0.1, -0.05) is 23.2 Å². The first-order chi connectivity index (χ1) is 7.74. The van der Waals surface area contributed by atoms with E-state index < -0.39 is 0 Å². The van der Waals surface area contributed by atoms with Gasteiger partial charge in [-0.3, -0.25) is 0 Å². The highest BCUT2D eigenvalue weighted by Crippen LogP contribution is 2.65. The third kappa shape index (κ3) is 1.42. The molecule has 3 rings (SSSR count). The van der Waals surface area contributed by atoms with E-state index in [2.05, 4.69) is 5.16 Å². The highest BCUT2D eigenvalue weighted by Gasteiger charge is 2.55. The lowest BCUT2D eigenvalue weighted by molar-refractivity contribution is 0.104. The monoisotopic (exact) mass is 239 g/mol. The molecule has 0 spiro atoms. The molecular formula is C13H18ClNO. The molecule has 3 fully saturated rings. The fourth-order valence-corrected chi connectivity index (χ4v) is 4.96. The van der Waals surface area contributed by atoms with Crippen LogP contribution in [-0.2, 0) is 0 Å². The Balaban J connectivity index is 1.93. The summed E-state index contributed by atoms with van der Waals surface area (Å²) in [6, 6.07) is 0. The molecule has 3 saturated carbocycles. The second kappa shape index (κ2) is 3.76. The van der Waals surface area contributed by atoms with E-state index in [1.807, 2.05) is 0 Å². The summed E-state index contributed by atoms with van der Waals surface area (Å²) in [6.45, 7) is 0. The summed E-state index contributed by atoms with van der Waals surface area (Å²) < 4.78 is 0. The Bertz CT molecular complexity index is 352. The molecule has 0 aliphatic heterocycles. The SMILES string of the molecule is O/N=C\C=C(/Cl)[C@]12C[C@H]3CC[C@H]1C[C@H](C3)C2. The molecule has 3 bridgehead atoms. The molecule has 3 aliphatic rings. The van der Waals surface area contributed by atoms with Crippen LogP contribution in [0.2, 0.25) is 0 Å². The van der Waals surface area contributed by atoms with Crippen LogP contribution in [0.15, 0.2) is 16.3 Å². The van der Waals surface area contributed by atoms with Crippen molar-refractivity contribution < 1.29 is 5.21 Å². The average Bonchev–Trinajstić information content (AvgIpc) is 2.44. The maximum Gasteiger partial charge on any atom is 0.0673 e. The van der Waals surface area contributed by atoms with E-state index >= 15 is 0 Å². The summed E-state index contributed by atoms with van der Waals surface area (Å²) in [7, 11) is 0. The quantitative estimate of drug-likeness (QED) is 0.444. The maximum atomic E-state index is 8.48. The van der Waals surface area contributed by atoms with Crippen molar-refractivity contribution in [1.29, 1.82) is 0 Å². The van der Waals surface area contributed by atoms with Crippen LogP contribution in [0.4, 0.5) is 0 Å². The molecule has 3 aliphatic carbocycles. The van der Waals surface area contributed by atoms with Gasteiger partial charge in [0.25, 0.3) is 0 Å². The lowest BCUT2D eigenvalue weighted by Gasteiger charge is -2.45. The van der Waals surface area contributed by atoms with Crippen LogP contribution < -0.4 is 0 Å². The number of hydrogen-bond donors (Lipinski definition) is 1. The van der Waals surface area contributed by atoms with Crippen molar-refractivity contribution in [2.75, 3.05) is 0 Å². The van der Waals surface area contributed by atoms with Crippen molar-refractivity contribution in [1.82, 2.24) is 0 Å². The van der Waals surface area contributed by atoms with Crippen LogP contribution in [0.25, 0.3) is 0 Å². The molecule has 0 unspecified atom stereocenters. The van der Waals surface area contributed by atoms with Crippen molar-refractivity contribution in [3.8, 4) is 0 Å². The molecule has 0 heterocycles. The Morgan fingerprint density at radius 1 is 1.25 bits per heavy atom. The van der Waals surface area contributed by atoms with Gasteiger partial charge in [-0.15, -0.1) is 0 Å². The predicted octanol–water partition coefficient (Wildman–Crippen LogP) is 3.79. The van der Waals surface area contributed by atoms with Crippen LogP contribution >= 0.6 is 11.6 Å². The van der Waals surface area contributed by atoms with Gasteiger partial charge in [0.15, 0.2) is 0 Å². The number of nitrogens with zero attached hydrogens (tertiary/aromatic N) is 1. The van der Waals surface area contributed by atoms with Crippen LogP contribution in [0.5, 0.6) is 0 Å². The largest absolute Gasteiger partial charge is 0.411 e. The molecule has 0 amide bonds. The summed E-state index contributed by atoms with van der Waals surface area (Å²) in [5, 5.41) is 12.4. The summed E-state index contributed by atoms with van der Waals surface area (Å²) >= 11 is 6.47. The molecule has 2 nitrogen and oxygen atoms in total. The molecular weight excluding hydrogens is 222 g/mol. The first kappa shape index (κ1) is 10.6. The number of rotatable bonds is 2. The molecule has 0 aromatic rings. The fourth-order valence-electron chi connectivity index (χ4n) is 4.60. The van der Waals surface area contributed by atoms with Gasteiger partial charge in [-0.25, -0.2) is 0 Å². The Morgan fingerprint density at radius 3 is 2.88 bits per heavy atom. The predicted molar refractivity (Wildman–Crippen MR) is 64.8 cm³/mol. The summed E-state index contributed by atoms with van der Waals surface area (Å²) in [6.07, 6.45) is 11.3. The van der Waals surface area contributed by atoms with Gasteiger partial charge in [-0.05, 0) is 55.9 Å². The number of oxime groups is 1. The second-order valence-corrected chi connectivity index (χ2v) is 6.23. The number of hydrogen-bond acceptors (Lipinski definition) is 2.